The maximum Gasteiger partial charge on any atom is 0.326 e. The van der Waals surface area contributed by atoms with E-state index in [-0.39, 0.29) is 29.3 Å². The molecule has 0 atom stereocenters. The molecule has 0 saturated heterocycles. The maximum atomic E-state index is 12.3. The number of benzene rings is 2. The van der Waals surface area contributed by atoms with Gasteiger partial charge in [0, 0.05) is 12.1 Å². The van der Waals surface area contributed by atoms with Gasteiger partial charge in [-0.2, -0.15) is 0 Å². The van der Waals surface area contributed by atoms with E-state index in [1.54, 1.807) is 18.2 Å². The molecular weight excluding hydrogens is 384 g/mol. The second kappa shape index (κ2) is 8.38. The average Bonchev–Trinajstić information content (AvgIpc) is 2.73. The van der Waals surface area contributed by atoms with Gasteiger partial charge in [-0.25, -0.2) is 0 Å². The topological polar surface area (TPSA) is 125 Å². The number of methoxy groups -OCH3 is 1. The van der Waals surface area contributed by atoms with Crippen LogP contribution in [0.2, 0.25) is 0 Å². The van der Waals surface area contributed by atoms with Crippen LogP contribution in [0.4, 0.5) is 11.4 Å². The number of hydrogen-bond acceptors (Lipinski definition) is 8. The van der Waals surface area contributed by atoms with Crippen molar-refractivity contribution >= 4 is 29.0 Å². The lowest BCUT2D eigenvalue weighted by atomic mass is 10.1. The number of ketones is 1. The van der Waals surface area contributed by atoms with Crippen LogP contribution < -0.4 is 14.4 Å². The zero-order valence-electron chi connectivity index (χ0n) is 15.3. The number of nitro benzene ring substituents is 1. The number of hydrogen-bond donors (Lipinski definition) is 0. The van der Waals surface area contributed by atoms with E-state index < -0.39 is 35.7 Å². The lowest BCUT2D eigenvalue weighted by molar-refractivity contribution is -0.384. The quantitative estimate of drug-likeness (QED) is 0.298. The third-order valence-electron chi connectivity index (χ3n) is 4.16. The van der Waals surface area contributed by atoms with Gasteiger partial charge in [0.15, 0.2) is 13.2 Å². The standard InChI is InChI=1S/C19H16N2O8/c1-27-16-5-3-2-4-13(16)15(22)10-29-19(24)9-20-14-8-12(21(25)26)6-7-17(14)28-11-18(20)23/h2-8H,9-11H2,1H3. The predicted octanol–water partition coefficient (Wildman–Crippen LogP) is 1.75. The summed E-state index contributed by atoms with van der Waals surface area (Å²) in [6.07, 6.45) is 0. The van der Waals surface area contributed by atoms with E-state index in [1.807, 2.05) is 0 Å². The Morgan fingerprint density at radius 3 is 2.72 bits per heavy atom. The van der Waals surface area contributed by atoms with E-state index in [2.05, 4.69) is 0 Å². The number of nitrogens with zero attached hydrogens (tertiary/aromatic N) is 2. The van der Waals surface area contributed by atoms with E-state index in [0.29, 0.717) is 5.75 Å². The van der Waals surface area contributed by atoms with Crippen molar-refractivity contribution in [2.45, 2.75) is 0 Å². The zero-order chi connectivity index (χ0) is 21.0. The lowest BCUT2D eigenvalue weighted by Gasteiger charge is -2.28. The molecule has 0 radical (unpaired) electrons. The first kappa shape index (κ1) is 19.8. The predicted molar refractivity (Wildman–Crippen MR) is 99.2 cm³/mol. The molecule has 0 N–H and O–H groups in total. The van der Waals surface area contributed by atoms with Crippen molar-refractivity contribution in [3.63, 3.8) is 0 Å². The molecule has 1 aliphatic heterocycles. The van der Waals surface area contributed by atoms with Crippen molar-refractivity contribution in [3.05, 3.63) is 58.1 Å². The van der Waals surface area contributed by atoms with Crippen LogP contribution in [-0.2, 0) is 14.3 Å². The first-order valence-corrected chi connectivity index (χ1v) is 8.44. The molecule has 1 aliphatic rings. The Balaban J connectivity index is 1.69. The Labute approximate surface area is 164 Å². The van der Waals surface area contributed by atoms with Gasteiger partial charge in [-0.1, -0.05) is 12.1 Å². The number of ether oxygens (including phenoxy) is 3. The Bertz CT molecular complexity index is 988. The number of rotatable bonds is 7. The van der Waals surface area contributed by atoms with Crippen molar-refractivity contribution in [2.24, 2.45) is 0 Å². The zero-order valence-corrected chi connectivity index (χ0v) is 15.3. The summed E-state index contributed by atoms with van der Waals surface area (Å²) in [5, 5.41) is 11.0. The van der Waals surface area contributed by atoms with Gasteiger partial charge in [-0.05, 0) is 18.2 Å². The van der Waals surface area contributed by atoms with Crippen LogP contribution in [0.5, 0.6) is 11.5 Å². The number of carbonyl (C=O) groups excluding carboxylic acids is 3. The van der Waals surface area contributed by atoms with Crippen molar-refractivity contribution in [1.29, 1.82) is 0 Å². The van der Waals surface area contributed by atoms with Crippen LogP contribution >= 0.6 is 0 Å². The van der Waals surface area contributed by atoms with Crippen molar-refractivity contribution in [1.82, 2.24) is 0 Å². The molecule has 0 aromatic heterocycles. The van der Waals surface area contributed by atoms with Gasteiger partial charge in [-0.15, -0.1) is 0 Å². The molecule has 29 heavy (non-hydrogen) atoms. The summed E-state index contributed by atoms with van der Waals surface area (Å²) >= 11 is 0. The molecule has 0 fully saturated rings. The maximum absolute atomic E-state index is 12.3. The van der Waals surface area contributed by atoms with E-state index in [0.717, 1.165) is 11.0 Å². The number of nitro groups is 1. The molecule has 1 heterocycles. The number of non-ortho nitro benzene ring substituents is 1. The third-order valence-corrected chi connectivity index (χ3v) is 4.16. The Kier molecular flexibility index (Phi) is 5.72. The lowest BCUT2D eigenvalue weighted by Crippen LogP contribution is -2.42. The number of carbonyl (C=O) groups is 3. The third kappa shape index (κ3) is 4.32. The highest BCUT2D eigenvalue weighted by molar-refractivity contribution is 6.03. The van der Waals surface area contributed by atoms with Gasteiger partial charge >= 0.3 is 5.97 Å². The summed E-state index contributed by atoms with van der Waals surface area (Å²) in [7, 11) is 1.42. The Morgan fingerprint density at radius 1 is 1.24 bits per heavy atom. The van der Waals surface area contributed by atoms with Gasteiger partial charge in [0.2, 0.25) is 5.78 Å². The van der Waals surface area contributed by atoms with Crippen LogP contribution in [0.15, 0.2) is 42.5 Å². The van der Waals surface area contributed by atoms with Gasteiger partial charge in [0.1, 0.15) is 18.0 Å². The van der Waals surface area contributed by atoms with Crippen LogP contribution in [-0.4, -0.2) is 49.5 Å². The largest absolute Gasteiger partial charge is 0.496 e. The summed E-state index contributed by atoms with van der Waals surface area (Å²) in [4.78, 5) is 48.0. The smallest absolute Gasteiger partial charge is 0.326 e. The molecule has 0 spiro atoms. The number of fused-ring (bicyclic) bond motifs is 1. The van der Waals surface area contributed by atoms with Crippen LogP contribution in [0.1, 0.15) is 10.4 Å². The number of Topliss-reactive ketones (excluding diaryl/α,β-unsaturated/α-hetero) is 1. The molecule has 0 aliphatic carbocycles. The van der Waals surface area contributed by atoms with E-state index >= 15 is 0 Å². The summed E-state index contributed by atoms with van der Waals surface area (Å²) in [6, 6.07) is 10.2. The van der Waals surface area contributed by atoms with Crippen molar-refractivity contribution in [2.75, 3.05) is 31.8 Å². The van der Waals surface area contributed by atoms with Gasteiger partial charge in [0.25, 0.3) is 11.6 Å². The number of esters is 1. The number of amides is 1. The van der Waals surface area contributed by atoms with Crippen LogP contribution in [0.3, 0.4) is 0 Å². The highest BCUT2D eigenvalue weighted by atomic mass is 16.6. The summed E-state index contributed by atoms with van der Waals surface area (Å²) in [5.41, 5.74) is 0.0847. The average molecular weight is 400 g/mol. The van der Waals surface area contributed by atoms with Crippen LogP contribution in [0, 0.1) is 10.1 Å². The minimum Gasteiger partial charge on any atom is -0.496 e. The summed E-state index contributed by atoms with van der Waals surface area (Å²) in [5.74, 6) is -1.31. The first-order valence-electron chi connectivity index (χ1n) is 8.44. The molecule has 10 nitrogen and oxygen atoms in total. The summed E-state index contributed by atoms with van der Waals surface area (Å²) < 4.78 is 15.3. The van der Waals surface area contributed by atoms with Gasteiger partial charge < -0.3 is 14.2 Å². The fraction of sp³-hybridized carbons (Fsp3) is 0.211. The molecule has 0 saturated carbocycles. The second-order valence-corrected chi connectivity index (χ2v) is 5.96. The van der Waals surface area contributed by atoms with Gasteiger partial charge in [-0.3, -0.25) is 29.4 Å². The Hall–Kier alpha value is -3.95. The molecule has 2 aromatic rings. The molecule has 150 valence electrons. The minimum atomic E-state index is -0.846. The van der Waals surface area contributed by atoms with E-state index in [9.17, 15) is 24.5 Å². The van der Waals surface area contributed by atoms with Crippen LogP contribution in [0.25, 0.3) is 0 Å². The molecule has 1 amide bonds. The minimum absolute atomic E-state index is 0.0865. The normalized spacial score (nSPS) is 12.6. The molecule has 2 aromatic carbocycles. The molecule has 10 heteroatoms. The number of para-hydroxylation sites is 1. The van der Waals surface area contributed by atoms with Crippen molar-refractivity contribution in [3.8, 4) is 11.5 Å². The molecule has 3 rings (SSSR count). The molecule has 0 unspecified atom stereocenters. The van der Waals surface area contributed by atoms with E-state index in [4.69, 9.17) is 14.2 Å². The highest BCUT2D eigenvalue weighted by Gasteiger charge is 2.30. The number of anilines is 1. The fourth-order valence-corrected chi connectivity index (χ4v) is 2.75. The van der Waals surface area contributed by atoms with Gasteiger partial charge in [0.05, 0.1) is 23.3 Å². The monoisotopic (exact) mass is 400 g/mol. The highest BCUT2D eigenvalue weighted by Crippen LogP contribution is 2.35. The summed E-state index contributed by atoms with van der Waals surface area (Å²) in [6.45, 7) is -1.38. The van der Waals surface area contributed by atoms with E-state index in [1.165, 1.54) is 25.3 Å². The van der Waals surface area contributed by atoms with Crippen molar-refractivity contribution < 1.29 is 33.5 Å². The Morgan fingerprint density at radius 2 is 2.00 bits per heavy atom. The second-order valence-electron chi connectivity index (χ2n) is 5.96. The molecule has 0 bridgehead atoms. The fourth-order valence-electron chi connectivity index (χ4n) is 2.75. The first-order chi connectivity index (χ1) is 13.9. The molecular formula is C19H16N2O8. The SMILES string of the molecule is COc1ccccc1C(=O)COC(=O)CN1C(=O)COc2ccc([N+](=O)[O-])cc21.